The number of pyridine rings is 2. The lowest BCUT2D eigenvalue weighted by Gasteiger charge is -2.22. The van der Waals surface area contributed by atoms with Gasteiger partial charge in [-0.05, 0) is 19.9 Å². The number of aliphatic hydroxyl groups is 1. The van der Waals surface area contributed by atoms with Crippen LogP contribution in [0.25, 0.3) is 16.9 Å². The van der Waals surface area contributed by atoms with Gasteiger partial charge in [0.15, 0.2) is 17.3 Å². The van der Waals surface area contributed by atoms with Crippen molar-refractivity contribution in [3.05, 3.63) is 54.1 Å². The van der Waals surface area contributed by atoms with Gasteiger partial charge < -0.3 is 15.7 Å². The normalized spacial score (nSPS) is 12.5. The third kappa shape index (κ3) is 5.84. The van der Waals surface area contributed by atoms with Gasteiger partial charge in [0.25, 0.3) is 12.3 Å². The molecule has 3 N–H and O–H groups in total. The maximum Gasteiger partial charge on any atom is 0.257 e. The maximum atomic E-state index is 14.2. The maximum absolute atomic E-state index is 14.2. The number of halogens is 3. The third-order valence-corrected chi connectivity index (χ3v) is 5.33. The quantitative estimate of drug-likeness (QED) is 0.310. The predicted molar refractivity (Wildman–Crippen MR) is 126 cm³/mol. The lowest BCUT2D eigenvalue weighted by atomic mass is 10.0. The molecule has 4 aromatic rings. The average molecular weight is 513 g/mol. The Bertz CT molecular complexity index is 1470. The number of rotatable bonds is 9. The molecule has 4 rings (SSSR count). The van der Waals surface area contributed by atoms with Gasteiger partial charge >= 0.3 is 0 Å². The standard InChI is InChI=1S/C23H22F3N9O2/c1-23(2,37)17(24)11-30-22(36)15-10-28-20(35-21-14(9-31-35)5-13(7-27)8-29-21)6-16(15)32-19-3-4-34(33-19)12-18(25)26/h3-6,8-10,17-18,37H,11-12H2,1-2H3,(H,30,36)(H,28,32,33). The van der Waals surface area contributed by atoms with E-state index in [0.717, 1.165) is 4.68 Å². The van der Waals surface area contributed by atoms with E-state index in [0.29, 0.717) is 16.6 Å². The van der Waals surface area contributed by atoms with Crippen LogP contribution in [0, 0.1) is 11.3 Å². The van der Waals surface area contributed by atoms with E-state index < -0.39 is 37.2 Å². The first-order valence-electron chi connectivity index (χ1n) is 11.0. The average Bonchev–Trinajstić information content (AvgIpc) is 3.47. The fourth-order valence-corrected chi connectivity index (χ4v) is 3.33. The molecule has 0 aromatic carbocycles. The number of fused-ring (bicyclic) bond motifs is 1. The fraction of sp³-hybridized carbons (Fsp3) is 0.304. The van der Waals surface area contributed by atoms with Crippen molar-refractivity contribution >= 4 is 28.4 Å². The molecule has 1 unspecified atom stereocenters. The fourth-order valence-electron chi connectivity index (χ4n) is 3.33. The molecule has 0 aliphatic rings. The Labute approximate surface area is 208 Å². The van der Waals surface area contributed by atoms with Crippen molar-refractivity contribution in [3.63, 3.8) is 0 Å². The summed E-state index contributed by atoms with van der Waals surface area (Å²) in [6.45, 7) is 1.50. The van der Waals surface area contributed by atoms with Gasteiger partial charge in [0.05, 0.1) is 35.2 Å². The number of carbonyl (C=O) groups is 1. The Morgan fingerprint density at radius 2 is 2.00 bits per heavy atom. The molecule has 0 aliphatic heterocycles. The van der Waals surface area contributed by atoms with Crippen molar-refractivity contribution in [2.75, 3.05) is 11.9 Å². The second kappa shape index (κ2) is 10.2. The molecular formula is C23H22F3N9O2. The minimum absolute atomic E-state index is 0.00583. The summed E-state index contributed by atoms with van der Waals surface area (Å²) in [5.74, 6) is -0.269. The number of carbonyl (C=O) groups excluding carboxylic acids is 1. The Morgan fingerprint density at radius 3 is 2.70 bits per heavy atom. The highest BCUT2D eigenvalue weighted by molar-refractivity contribution is 6.00. The molecular weight excluding hydrogens is 491 g/mol. The summed E-state index contributed by atoms with van der Waals surface area (Å²) >= 11 is 0. The molecule has 4 heterocycles. The first kappa shape index (κ1) is 25.6. The Hall–Kier alpha value is -4.51. The summed E-state index contributed by atoms with van der Waals surface area (Å²) in [5, 5.41) is 33.1. The summed E-state index contributed by atoms with van der Waals surface area (Å²) in [4.78, 5) is 21.4. The van der Waals surface area contributed by atoms with Crippen LogP contribution in [0.15, 0.2) is 43.0 Å². The van der Waals surface area contributed by atoms with Gasteiger partial charge in [-0.3, -0.25) is 9.48 Å². The Morgan fingerprint density at radius 1 is 1.22 bits per heavy atom. The van der Waals surface area contributed by atoms with Gasteiger partial charge in [0.1, 0.15) is 18.8 Å². The third-order valence-electron chi connectivity index (χ3n) is 5.33. The molecule has 0 aliphatic carbocycles. The molecule has 0 saturated carbocycles. The van der Waals surface area contributed by atoms with Crippen molar-refractivity contribution in [3.8, 4) is 11.9 Å². The SMILES string of the molecule is CC(C)(O)C(F)CNC(=O)c1cnc(-n2ncc3cc(C#N)cnc32)cc1Nc1ccn(CC(F)F)n1. The Kier molecular flexibility index (Phi) is 7.07. The topological polar surface area (TPSA) is 147 Å². The van der Waals surface area contributed by atoms with Crippen molar-refractivity contribution in [1.29, 1.82) is 5.26 Å². The van der Waals surface area contributed by atoms with Crippen molar-refractivity contribution in [1.82, 2.24) is 34.8 Å². The van der Waals surface area contributed by atoms with Crippen molar-refractivity contribution < 1.29 is 23.1 Å². The van der Waals surface area contributed by atoms with Crippen LogP contribution in [0.2, 0.25) is 0 Å². The van der Waals surface area contributed by atoms with E-state index >= 15 is 0 Å². The molecule has 14 heteroatoms. The number of aromatic nitrogens is 6. The van der Waals surface area contributed by atoms with Gasteiger partial charge in [-0.15, -0.1) is 0 Å². The van der Waals surface area contributed by atoms with Gasteiger partial charge in [0.2, 0.25) is 0 Å². The van der Waals surface area contributed by atoms with E-state index in [1.54, 1.807) is 6.07 Å². The molecule has 0 saturated heterocycles. The molecule has 0 fully saturated rings. The minimum Gasteiger partial charge on any atom is -0.387 e. The van der Waals surface area contributed by atoms with E-state index in [-0.39, 0.29) is 22.9 Å². The number of anilines is 2. The molecule has 0 spiro atoms. The van der Waals surface area contributed by atoms with Crippen LogP contribution in [-0.2, 0) is 6.54 Å². The second-order valence-corrected chi connectivity index (χ2v) is 8.66. The van der Waals surface area contributed by atoms with Crippen LogP contribution in [-0.4, -0.2) is 65.3 Å². The van der Waals surface area contributed by atoms with Gasteiger partial charge in [-0.1, -0.05) is 0 Å². The van der Waals surface area contributed by atoms with E-state index in [1.807, 2.05) is 6.07 Å². The number of nitriles is 1. The van der Waals surface area contributed by atoms with E-state index in [4.69, 9.17) is 5.26 Å². The Balaban J connectivity index is 1.69. The van der Waals surface area contributed by atoms with Crippen LogP contribution in [0.1, 0.15) is 29.8 Å². The molecule has 0 bridgehead atoms. The second-order valence-electron chi connectivity index (χ2n) is 8.66. The predicted octanol–water partition coefficient (Wildman–Crippen LogP) is 2.73. The number of nitrogens with zero attached hydrogens (tertiary/aromatic N) is 7. The monoisotopic (exact) mass is 513 g/mol. The van der Waals surface area contributed by atoms with Crippen molar-refractivity contribution in [2.45, 2.75) is 38.6 Å². The number of nitrogens with one attached hydrogen (secondary N) is 2. The minimum atomic E-state index is -2.60. The summed E-state index contributed by atoms with van der Waals surface area (Å²) < 4.78 is 42.1. The molecule has 1 amide bonds. The lowest BCUT2D eigenvalue weighted by Crippen LogP contribution is -2.42. The summed E-state index contributed by atoms with van der Waals surface area (Å²) in [5.41, 5.74) is -0.715. The van der Waals surface area contributed by atoms with Crippen LogP contribution < -0.4 is 10.6 Å². The highest BCUT2D eigenvalue weighted by Gasteiger charge is 2.27. The first-order valence-corrected chi connectivity index (χ1v) is 11.0. The molecule has 37 heavy (non-hydrogen) atoms. The van der Waals surface area contributed by atoms with Crippen LogP contribution in [0.5, 0.6) is 0 Å². The van der Waals surface area contributed by atoms with Gasteiger partial charge in [-0.2, -0.15) is 20.1 Å². The van der Waals surface area contributed by atoms with Crippen molar-refractivity contribution in [2.24, 2.45) is 0 Å². The molecule has 192 valence electrons. The molecule has 4 aromatic heterocycles. The number of hydrogen-bond donors (Lipinski definition) is 3. The van der Waals surface area contributed by atoms with Crippen LogP contribution >= 0.6 is 0 Å². The lowest BCUT2D eigenvalue weighted by molar-refractivity contribution is -0.00177. The van der Waals surface area contributed by atoms with Crippen LogP contribution in [0.3, 0.4) is 0 Å². The van der Waals surface area contributed by atoms with Gasteiger partial charge in [-0.25, -0.2) is 23.1 Å². The zero-order chi connectivity index (χ0) is 26.7. The first-order chi connectivity index (χ1) is 17.5. The van der Waals surface area contributed by atoms with E-state index in [1.165, 1.54) is 55.4 Å². The summed E-state index contributed by atoms with van der Waals surface area (Å²) in [6.07, 6.45) is 1.14. The molecule has 11 nitrogen and oxygen atoms in total. The smallest absolute Gasteiger partial charge is 0.257 e. The number of hydrogen-bond acceptors (Lipinski definition) is 8. The van der Waals surface area contributed by atoms with E-state index in [9.17, 15) is 23.1 Å². The highest BCUT2D eigenvalue weighted by atomic mass is 19.3. The molecule has 0 radical (unpaired) electrons. The largest absolute Gasteiger partial charge is 0.387 e. The number of amides is 1. The molecule has 1 atom stereocenters. The van der Waals surface area contributed by atoms with E-state index in [2.05, 4.69) is 30.8 Å². The highest BCUT2D eigenvalue weighted by Crippen LogP contribution is 2.24. The zero-order valence-electron chi connectivity index (χ0n) is 19.7. The van der Waals surface area contributed by atoms with Crippen LogP contribution in [0.4, 0.5) is 24.7 Å². The number of alkyl halides is 3. The summed E-state index contributed by atoms with van der Waals surface area (Å²) in [7, 11) is 0. The zero-order valence-corrected chi connectivity index (χ0v) is 19.7. The summed E-state index contributed by atoms with van der Waals surface area (Å²) in [6, 6.07) is 6.53. The van der Waals surface area contributed by atoms with Gasteiger partial charge in [0, 0.05) is 36.1 Å².